The Morgan fingerprint density at radius 3 is 1.89 bits per heavy atom. The van der Waals surface area contributed by atoms with Crippen LogP contribution in [0.25, 0.3) is 0 Å². The number of halogens is 5. The summed E-state index contributed by atoms with van der Waals surface area (Å²) in [5.41, 5.74) is -5.36. The third-order valence-corrected chi connectivity index (χ3v) is 4.30. The highest BCUT2D eigenvalue weighted by Crippen LogP contribution is 2.66. The first-order chi connectivity index (χ1) is 7.72. The van der Waals surface area contributed by atoms with Gasteiger partial charge in [-0.1, -0.05) is 0 Å². The lowest BCUT2D eigenvalue weighted by molar-refractivity contribution is -0.299. The van der Waals surface area contributed by atoms with Crippen LogP contribution < -0.4 is 0 Å². The number of phosphoric acid groups is 1. The van der Waals surface area contributed by atoms with Gasteiger partial charge in [-0.3, -0.25) is 9.05 Å². The fraction of sp³-hybridized carbons (Fsp3) is 1.00. The van der Waals surface area contributed by atoms with E-state index in [1.165, 1.54) is 0 Å². The van der Waals surface area contributed by atoms with E-state index in [9.17, 15) is 26.5 Å². The standard InChI is InChI=1S/C8H12F5O4P/c1-5(2)6(3,17-18(14,15)16-5)8(12,13)7(10,11)4-9/h4H2,1-3H3,(H,14,15). The van der Waals surface area contributed by atoms with Gasteiger partial charge in [0.15, 0.2) is 12.3 Å². The summed E-state index contributed by atoms with van der Waals surface area (Å²) < 4.78 is 85.0. The van der Waals surface area contributed by atoms with Gasteiger partial charge in [0.1, 0.15) is 5.60 Å². The lowest BCUT2D eigenvalue weighted by atomic mass is 9.79. The van der Waals surface area contributed by atoms with E-state index < -0.39 is 37.5 Å². The van der Waals surface area contributed by atoms with Gasteiger partial charge >= 0.3 is 19.7 Å². The molecule has 0 aromatic rings. The highest BCUT2D eigenvalue weighted by molar-refractivity contribution is 7.47. The first kappa shape index (κ1) is 15.8. The Morgan fingerprint density at radius 1 is 1.17 bits per heavy atom. The van der Waals surface area contributed by atoms with Crippen molar-refractivity contribution in [1.82, 2.24) is 0 Å². The van der Waals surface area contributed by atoms with Gasteiger partial charge in [-0.05, 0) is 20.8 Å². The molecule has 0 aromatic carbocycles. The van der Waals surface area contributed by atoms with Crippen LogP contribution in [0.1, 0.15) is 20.8 Å². The largest absolute Gasteiger partial charge is 0.473 e. The van der Waals surface area contributed by atoms with E-state index >= 15 is 0 Å². The summed E-state index contributed by atoms with van der Waals surface area (Å²) >= 11 is 0. The zero-order chi connectivity index (χ0) is 14.6. The Hall–Kier alpha value is -0.240. The van der Waals surface area contributed by atoms with Crippen LogP contribution in [0, 0.1) is 0 Å². The van der Waals surface area contributed by atoms with E-state index in [0.717, 1.165) is 13.8 Å². The van der Waals surface area contributed by atoms with Gasteiger partial charge in [-0.15, -0.1) is 0 Å². The molecule has 2 unspecified atom stereocenters. The Balaban J connectivity index is 3.34. The van der Waals surface area contributed by atoms with Crippen molar-refractivity contribution in [2.24, 2.45) is 0 Å². The minimum atomic E-state index is -5.05. The Morgan fingerprint density at radius 2 is 1.61 bits per heavy atom. The molecule has 1 heterocycles. The molecule has 2 atom stereocenters. The van der Waals surface area contributed by atoms with Crippen LogP contribution in [-0.4, -0.2) is 34.6 Å². The Labute approximate surface area is 99.7 Å². The molecule has 0 aliphatic carbocycles. The average Bonchev–Trinajstić information content (AvgIpc) is 2.31. The van der Waals surface area contributed by atoms with Gasteiger partial charge in [0.25, 0.3) is 0 Å². The molecule has 0 amide bonds. The summed E-state index contributed by atoms with van der Waals surface area (Å²) in [4.78, 5) is 9.01. The van der Waals surface area contributed by atoms with E-state index in [4.69, 9.17) is 4.89 Å². The monoisotopic (exact) mass is 298 g/mol. The number of alkyl halides is 5. The smallest absolute Gasteiger partial charge is 0.302 e. The molecule has 1 aliphatic rings. The van der Waals surface area contributed by atoms with E-state index in [1.54, 1.807) is 0 Å². The first-order valence-corrected chi connectivity index (χ1v) is 6.28. The maximum absolute atomic E-state index is 13.7. The lowest BCUT2D eigenvalue weighted by Crippen LogP contribution is -2.65. The summed E-state index contributed by atoms with van der Waals surface area (Å²) in [6.07, 6.45) is 0. The molecule has 1 N–H and O–H groups in total. The zero-order valence-corrected chi connectivity index (χ0v) is 10.6. The Bertz CT molecular complexity index is 399. The molecule has 1 saturated heterocycles. The van der Waals surface area contributed by atoms with E-state index in [0.29, 0.717) is 6.92 Å². The minimum absolute atomic E-state index is 0.479. The summed E-state index contributed by atoms with van der Waals surface area (Å²) in [6, 6.07) is 0. The first-order valence-electron chi connectivity index (χ1n) is 4.78. The fourth-order valence-corrected chi connectivity index (χ4v) is 3.19. The number of hydrogen-bond acceptors (Lipinski definition) is 3. The highest BCUT2D eigenvalue weighted by atomic mass is 31.2. The fourth-order valence-electron chi connectivity index (χ4n) is 1.60. The van der Waals surface area contributed by atoms with Crippen LogP contribution in [0.2, 0.25) is 0 Å². The molecule has 0 spiro atoms. The van der Waals surface area contributed by atoms with Gasteiger partial charge in [0, 0.05) is 0 Å². The molecule has 0 bridgehead atoms. The van der Waals surface area contributed by atoms with Crippen LogP contribution in [0.3, 0.4) is 0 Å². The van der Waals surface area contributed by atoms with Crippen molar-refractivity contribution in [2.45, 2.75) is 43.8 Å². The molecule has 0 aromatic heterocycles. The van der Waals surface area contributed by atoms with Crippen molar-refractivity contribution in [3.05, 3.63) is 0 Å². The summed E-state index contributed by atoms with van der Waals surface area (Å²) in [7, 11) is -4.90. The number of phosphoric ester groups is 1. The van der Waals surface area contributed by atoms with Crippen LogP contribution >= 0.6 is 7.82 Å². The maximum atomic E-state index is 13.7. The predicted octanol–water partition coefficient (Wildman–Crippen LogP) is 2.91. The molecule has 4 nitrogen and oxygen atoms in total. The van der Waals surface area contributed by atoms with Crippen molar-refractivity contribution < 1.29 is 40.5 Å². The SMILES string of the molecule is CC1(C)OP(=O)(O)OC1(C)C(F)(F)C(F)(F)CF. The highest BCUT2D eigenvalue weighted by Gasteiger charge is 2.77. The molecule has 0 saturated carbocycles. The predicted molar refractivity (Wildman–Crippen MR) is 50.3 cm³/mol. The van der Waals surface area contributed by atoms with Crippen LogP contribution in [-0.2, 0) is 13.6 Å². The number of rotatable bonds is 3. The van der Waals surface area contributed by atoms with E-state index in [-0.39, 0.29) is 0 Å². The van der Waals surface area contributed by atoms with Gasteiger partial charge < -0.3 is 4.89 Å². The third-order valence-electron chi connectivity index (χ3n) is 3.02. The van der Waals surface area contributed by atoms with E-state index in [2.05, 4.69) is 9.05 Å². The minimum Gasteiger partial charge on any atom is -0.302 e. The van der Waals surface area contributed by atoms with E-state index in [1.807, 2.05) is 0 Å². The van der Waals surface area contributed by atoms with Gasteiger partial charge in [0.2, 0.25) is 0 Å². The normalized spacial score (nSPS) is 36.9. The summed E-state index contributed by atoms with van der Waals surface area (Å²) in [5, 5.41) is 0. The van der Waals surface area contributed by atoms with Crippen molar-refractivity contribution in [3.8, 4) is 0 Å². The van der Waals surface area contributed by atoms with Crippen LogP contribution in [0.5, 0.6) is 0 Å². The van der Waals surface area contributed by atoms with Crippen LogP contribution in [0.4, 0.5) is 22.0 Å². The molecule has 1 rings (SSSR count). The van der Waals surface area contributed by atoms with Crippen molar-refractivity contribution in [3.63, 3.8) is 0 Å². The number of hydrogen-bond donors (Lipinski definition) is 1. The second kappa shape index (κ2) is 3.88. The quantitative estimate of drug-likeness (QED) is 0.643. The molecule has 0 radical (unpaired) electrons. The second-order valence-electron chi connectivity index (χ2n) is 4.61. The third kappa shape index (κ3) is 1.97. The second-order valence-corrected chi connectivity index (χ2v) is 5.91. The van der Waals surface area contributed by atoms with Crippen molar-refractivity contribution in [1.29, 1.82) is 0 Å². The van der Waals surface area contributed by atoms with Crippen molar-refractivity contribution in [2.75, 3.05) is 6.67 Å². The molecule has 10 heteroatoms. The van der Waals surface area contributed by atoms with Gasteiger partial charge in [-0.2, -0.15) is 17.6 Å². The maximum Gasteiger partial charge on any atom is 0.473 e. The topological polar surface area (TPSA) is 55.8 Å². The van der Waals surface area contributed by atoms with Crippen LogP contribution in [0.15, 0.2) is 0 Å². The van der Waals surface area contributed by atoms with Gasteiger partial charge in [0.05, 0.1) is 0 Å². The molecule has 18 heavy (non-hydrogen) atoms. The Kier molecular flexibility index (Phi) is 3.41. The lowest BCUT2D eigenvalue weighted by Gasteiger charge is -2.41. The zero-order valence-electron chi connectivity index (χ0n) is 9.72. The molecule has 1 aliphatic heterocycles. The molecular formula is C8H12F5O4P. The summed E-state index contributed by atoms with van der Waals surface area (Å²) in [5.74, 6) is -10.1. The van der Waals surface area contributed by atoms with Gasteiger partial charge in [-0.25, -0.2) is 8.96 Å². The molecular weight excluding hydrogens is 286 g/mol. The average molecular weight is 298 g/mol. The summed E-state index contributed by atoms with van der Waals surface area (Å²) in [6.45, 7) is -0.395. The molecule has 1 fully saturated rings. The van der Waals surface area contributed by atoms with Crippen molar-refractivity contribution >= 4 is 7.82 Å². The molecule has 108 valence electrons.